The molecular weight excluding hydrogens is 378 g/mol. The highest BCUT2D eigenvalue weighted by Crippen LogP contribution is 2.18. The molecule has 26 heavy (non-hydrogen) atoms. The second-order valence-corrected chi connectivity index (χ2v) is 9.43. The molecule has 1 amide bonds. The molecule has 0 aliphatic heterocycles. The van der Waals surface area contributed by atoms with E-state index in [2.05, 4.69) is 5.32 Å². The summed E-state index contributed by atoms with van der Waals surface area (Å²) in [4.78, 5) is 11.8. The minimum atomic E-state index is -4.47. The quantitative estimate of drug-likeness (QED) is 0.311. The molecule has 148 valence electrons. The molecule has 0 aliphatic rings. The summed E-state index contributed by atoms with van der Waals surface area (Å²) in [5, 5.41) is 2.65. The highest BCUT2D eigenvalue weighted by Gasteiger charge is 2.39. The van der Waals surface area contributed by atoms with Gasteiger partial charge in [0, 0.05) is 32.4 Å². The van der Waals surface area contributed by atoms with Gasteiger partial charge in [-0.15, -0.1) is 0 Å². The number of rotatable bonds is 12. The van der Waals surface area contributed by atoms with E-state index in [0.29, 0.717) is 38.8 Å². The Morgan fingerprint density at radius 2 is 1.62 bits per heavy atom. The Morgan fingerprint density at radius 1 is 1.08 bits per heavy atom. The molecule has 2 N–H and O–H groups in total. The zero-order chi connectivity index (χ0) is 19.6. The SMILES string of the molecule is CCO[Si](CCCNC(=O)c1ccccc1S(=O)(=O)O)(OCC)OCC. The lowest BCUT2D eigenvalue weighted by Gasteiger charge is -2.28. The summed E-state index contributed by atoms with van der Waals surface area (Å²) >= 11 is 0. The molecule has 0 spiro atoms. The predicted octanol–water partition coefficient (Wildman–Crippen LogP) is 2.10. The minimum Gasteiger partial charge on any atom is -0.374 e. The number of carbonyl (C=O) groups excluding carboxylic acids is 1. The van der Waals surface area contributed by atoms with Gasteiger partial charge in [-0.2, -0.15) is 8.42 Å². The first-order valence-electron chi connectivity index (χ1n) is 8.56. The van der Waals surface area contributed by atoms with Gasteiger partial charge < -0.3 is 18.6 Å². The molecule has 0 aliphatic carbocycles. The predicted molar refractivity (Wildman–Crippen MR) is 98.6 cm³/mol. The molecule has 10 heteroatoms. The van der Waals surface area contributed by atoms with Gasteiger partial charge in [0.25, 0.3) is 16.0 Å². The summed E-state index contributed by atoms with van der Waals surface area (Å²) in [6, 6.07) is 6.02. The number of hydrogen-bond donors (Lipinski definition) is 2. The van der Waals surface area contributed by atoms with Gasteiger partial charge in [-0.1, -0.05) is 12.1 Å². The van der Waals surface area contributed by atoms with Crippen molar-refractivity contribution in [2.75, 3.05) is 26.4 Å². The van der Waals surface area contributed by atoms with E-state index < -0.39 is 29.7 Å². The van der Waals surface area contributed by atoms with Crippen molar-refractivity contribution in [3.8, 4) is 0 Å². The summed E-state index contributed by atoms with van der Waals surface area (Å²) in [5.41, 5.74) is -0.0991. The third-order valence-electron chi connectivity index (χ3n) is 3.45. The maximum Gasteiger partial charge on any atom is 0.500 e. The standard InChI is InChI=1S/C16H27NO7SSi/c1-4-22-26(23-5-2,24-6-3)13-9-12-17-16(18)14-10-7-8-11-15(14)25(19,20)21/h7-8,10-11H,4-6,9,12-13H2,1-3H3,(H,17,18)(H,19,20,21). The monoisotopic (exact) mass is 405 g/mol. The van der Waals surface area contributed by atoms with E-state index in [0.717, 1.165) is 0 Å². The highest BCUT2D eigenvalue weighted by molar-refractivity contribution is 7.86. The van der Waals surface area contributed by atoms with Crippen LogP contribution in [0.5, 0.6) is 0 Å². The van der Waals surface area contributed by atoms with Gasteiger partial charge >= 0.3 is 8.80 Å². The lowest BCUT2D eigenvalue weighted by Crippen LogP contribution is -2.46. The van der Waals surface area contributed by atoms with E-state index in [1.165, 1.54) is 24.3 Å². The Hall–Kier alpha value is -1.30. The molecule has 0 atom stereocenters. The Labute approximate surface area is 156 Å². The van der Waals surface area contributed by atoms with Crippen molar-refractivity contribution in [2.45, 2.75) is 38.1 Å². The molecular formula is C16H27NO7SSi. The molecule has 0 aromatic heterocycles. The lowest BCUT2D eigenvalue weighted by molar-refractivity contribution is 0.0704. The van der Waals surface area contributed by atoms with Gasteiger partial charge in [-0.05, 0) is 39.3 Å². The number of carbonyl (C=O) groups is 1. The first kappa shape index (κ1) is 22.7. The Bertz CT molecular complexity index is 664. The van der Waals surface area contributed by atoms with Gasteiger partial charge in [-0.25, -0.2) is 0 Å². The van der Waals surface area contributed by atoms with E-state index >= 15 is 0 Å². The molecule has 0 bridgehead atoms. The largest absolute Gasteiger partial charge is 0.500 e. The van der Waals surface area contributed by atoms with Crippen LogP contribution in [0.1, 0.15) is 37.6 Å². The fourth-order valence-electron chi connectivity index (χ4n) is 2.48. The van der Waals surface area contributed by atoms with Crippen LogP contribution in [0.4, 0.5) is 0 Å². The van der Waals surface area contributed by atoms with Crippen molar-refractivity contribution in [2.24, 2.45) is 0 Å². The zero-order valence-corrected chi connectivity index (χ0v) is 17.2. The second-order valence-electron chi connectivity index (χ2n) is 5.31. The Balaban J connectivity index is 2.69. The van der Waals surface area contributed by atoms with Crippen molar-refractivity contribution in [1.82, 2.24) is 5.32 Å². The van der Waals surface area contributed by atoms with Crippen molar-refractivity contribution >= 4 is 24.8 Å². The molecule has 1 aromatic rings. The van der Waals surface area contributed by atoms with Crippen LogP contribution in [-0.2, 0) is 23.4 Å². The van der Waals surface area contributed by atoms with Crippen LogP contribution in [0.25, 0.3) is 0 Å². The van der Waals surface area contributed by atoms with E-state index in [4.69, 9.17) is 13.3 Å². The third-order valence-corrected chi connectivity index (χ3v) is 7.51. The molecule has 0 radical (unpaired) electrons. The summed E-state index contributed by atoms with van der Waals surface area (Å²) in [6.07, 6.45) is 0.548. The maximum absolute atomic E-state index is 12.2. The van der Waals surface area contributed by atoms with Crippen molar-refractivity contribution in [3.05, 3.63) is 29.8 Å². The van der Waals surface area contributed by atoms with E-state index in [1.807, 2.05) is 20.8 Å². The van der Waals surface area contributed by atoms with Crippen molar-refractivity contribution in [1.29, 1.82) is 0 Å². The van der Waals surface area contributed by atoms with Crippen LogP contribution < -0.4 is 5.32 Å². The first-order chi connectivity index (χ1) is 12.3. The average Bonchev–Trinajstić information content (AvgIpc) is 2.58. The fraction of sp³-hybridized carbons (Fsp3) is 0.562. The number of benzene rings is 1. The molecule has 1 aromatic carbocycles. The Morgan fingerprint density at radius 3 is 2.12 bits per heavy atom. The number of hydrogen-bond acceptors (Lipinski definition) is 6. The smallest absolute Gasteiger partial charge is 0.374 e. The molecule has 8 nitrogen and oxygen atoms in total. The van der Waals surface area contributed by atoms with Crippen molar-refractivity contribution in [3.63, 3.8) is 0 Å². The molecule has 0 saturated carbocycles. The van der Waals surface area contributed by atoms with Gasteiger partial charge in [0.15, 0.2) is 0 Å². The van der Waals surface area contributed by atoms with Crippen LogP contribution in [-0.4, -0.2) is 54.0 Å². The van der Waals surface area contributed by atoms with Crippen LogP contribution in [0.2, 0.25) is 6.04 Å². The maximum atomic E-state index is 12.2. The summed E-state index contributed by atoms with van der Waals surface area (Å²) < 4.78 is 49.2. The van der Waals surface area contributed by atoms with Gasteiger partial charge in [0.1, 0.15) is 4.90 Å². The molecule has 0 heterocycles. The van der Waals surface area contributed by atoms with Crippen LogP contribution in [0, 0.1) is 0 Å². The van der Waals surface area contributed by atoms with Crippen LogP contribution in [0.3, 0.4) is 0 Å². The highest BCUT2D eigenvalue weighted by atomic mass is 32.2. The summed E-state index contributed by atoms with van der Waals surface area (Å²) in [7, 11) is -7.24. The Kier molecular flexibility index (Phi) is 9.40. The molecule has 1 rings (SSSR count). The molecule has 0 unspecified atom stereocenters. The lowest BCUT2D eigenvalue weighted by atomic mass is 10.2. The zero-order valence-electron chi connectivity index (χ0n) is 15.4. The van der Waals surface area contributed by atoms with Gasteiger partial charge in [0.05, 0.1) is 5.56 Å². The van der Waals surface area contributed by atoms with Gasteiger partial charge in [0.2, 0.25) is 0 Å². The van der Waals surface area contributed by atoms with Crippen molar-refractivity contribution < 1.29 is 31.0 Å². The summed E-state index contributed by atoms with van der Waals surface area (Å²) in [5.74, 6) is -0.574. The normalized spacial score (nSPS) is 12.2. The van der Waals surface area contributed by atoms with Gasteiger partial charge in [-0.3, -0.25) is 9.35 Å². The summed E-state index contributed by atoms with van der Waals surface area (Å²) in [6.45, 7) is 7.32. The molecule has 0 fully saturated rings. The van der Waals surface area contributed by atoms with E-state index in [1.54, 1.807) is 0 Å². The molecule has 0 saturated heterocycles. The van der Waals surface area contributed by atoms with Crippen LogP contribution in [0.15, 0.2) is 29.2 Å². The first-order valence-corrected chi connectivity index (χ1v) is 11.9. The number of amides is 1. The second kappa shape index (κ2) is 10.8. The van der Waals surface area contributed by atoms with Crippen LogP contribution >= 0.6 is 0 Å². The topological polar surface area (TPSA) is 111 Å². The third kappa shape index (κ3) is 6.78. The van der Waals surface area contributed by atoms with E-state index in [9.17, 15) is 17.8 Å². The number of nitrogens with one attached hydrogen (secondary N) is 1. The average molecular weight is 406 g/mol. The van der Waals surface area contributed by atoms with E-state index in [-0.39, 0.29) is 5.56 Å². The fourth-order valence-corrected chi connectivity index (χ4v) is 5.78. The minimum absolute atomic E-state index is 0.0991.